The average molecular weight is 752 g/mol. The van der Waals surface area contributed by atoms with Gasteiger partial charge in [-0.2, -0.15) is 0 Å². The lowest BCUT2D eigenvalue weighted by atomic mass is 10.1. The Hall–Kier alpha value is -3.66. The molecule has 10 nitrogen and oxygen atoms in total. The molecular formula is C44H71N4O6+. The summed E-state index contributed by atoms with van der Waals surface area (Å²) in [5.41, 5.74) is 1.45. The van der Waals surface area contributed by atoms with Gasteiger partial charge >= 0.3 is 11.9 Å². The first-order valence-electron chi connectivity index (χ1n) is 21.1. The molecule has 0 saturated heterocycles. The summed E-state index contributed by atoms with van der Waals surface area (Å²) < 4.78 is 12.9. The number of benzene rings is 1. The normalized spacial score (nSPS) is 12.3. The minimum absolute atomic E-state index is 0.0895. The second kappa shape index (κ2) is 24.7. The molecule has 0 fully saturated rings. The first-order valence-corrected chi connectivity index (χ1v) is 21.1. The van der Waals surface area contributed by atoms with Crippen molar-refractivity contribution in [1.82, 2.24) is 14.9 Å². The summed E-state index contributed by atoms with van der Waals surface area (Å²) in [5, 5.41) is 4.35. The van der Waals surface area contributed by atoms with Crippen molar-refractivity contribution < 1.29 is 33.1 Å². The second-order valence-corrected chi connectivity index (χ2v) is 16.1. The number of quaternary nitrogens is 1. The van der Waals surface area contributed by atoms with Crippen molar-refractivity contribution in [1.29, 1.82) is 0 Å². The van der Waals surface area contributed by atoms with E-state index in [-0.39, 0.29) is 37.8 Å². The SMILES string of the molecule is CCCCCCCCCCCCOC(=O)CC(NC(=O)c1cc2c3ccccc3[nH]c2n1C(=O)C[N+](C)(C)C)C(=O)OCCCCCCCCCCCC. The van der Waals surface area contributed by atoms with E-state index in [2.05, 4.69) is 24.1 Å². The van der Waals surface area contributed by atoms with Crippen molar-refractivity contribution in [3.8, 4) is 0 Å². The van der Waals surface area contributed by atoms with Crippen LogP contribution in [0.2, 0.25) is 0 Å². The zero-order chi connectivity index (χ0) is 39.2. The van der Waals surface area contributed by atoms with E-state index >= 15 is 0 Å². The summed E-state index contributed by atoms with van der Waals surface area (Å²) in [6.07, 6.45) is 22.9. The van der Waals surface area contributed by atoms with Crippen molar-refractivity contribution >= 4 is 45.7 Å². The van der Waals surface area contributed by atoms with Crippen LogP contribution in [0.1, 0.15) is 164 Å². The number of nitrogens with one attached hydrogen (secondary N) is 2. The van der Waals surface area contributed by atoms with Crippen LogP contribution in [0.3, 0.4) is 0 Å². The molecule has 0 aliphatic heterocycles. The molecule has 3 aromatic rings. The molecule has 0 spiro atoms. The Morgan fingerprint density at radius 3 is 1.72 bits per heavy atom. The lowest BCUT2D eigenvalue weighted by Gasteiger charge is -2.23. The number of unbranched alkanes of at least 4 members (excludes halogenated alkanes) is 18. The Labute approximate surface area is 324 Å². The van der Waals surface area contributed by atoms with E-state index in [1.807, 2.05) is 45.4 Å². The van der Waals surface area contributed by atoms with E-state index in [1.54, 1.807) is 6.07 Å². The number of H-pyrrole nitrogens is 1. The van der Waals surface area contributed by atoms with E-state index in [0.29, 0.717) is 16.6 Å². The number of aromatic nitrogens is 2. The molecule has 2 aromatic heterocycles. The number of amides is 1. The van der Waals surface area contributed by atoms with Gasteiger partial charge in [0.05, 0.1) is 40.8 Å². The smallest absolute Gasteiger partial charge is 0.329 e. The lowest BCUT2D eigenvalue weighted by molar-refractivity contribution is -0.861. The molecule has 1 aromatic carbocycles. The summed E-state index contributed by atoms with van der Waals surface area (Å²) in [6, 6.07) is 8.09. The van der Waals surface area contributed by atoms with Crippen molar-refractivity contribution in [2.75, 3.05) is 40.9 Å². The van der Waals surface area contributed by atoms with Crippen LogP contribution in [0.4, 0.5) is 0 Å². The maximum absolute atomic E-state index is 14.0. The van der Waals surface area contributed by atoms with Crippen LogP contribution in [0.5, 0.6) is 0 Å². The molecule has 2 heterocycles. The summed E-state index contributed by atoms with van der Waals surface area (Å²) in [6.45, 7) is 5.07. The van der Waals surface area contributed by atoms with Gasteiger partial charge in [0.15, 0.2) is 6.54 Å². The molecule has 1 amide bonds. The number of esters is 2. The van der Waals surface area contributed by atoms with Gasteiger partial charge in [-0.15, -0.1) is 0 Å². The Balaban J connectivity index is 1.63. The van der Waals surface area contributed by atoms with Crippen LogP contribution in [0.15, 0.2) is 30.3 Å². The summed E-state index contributed by atoms with van der Waals surface area (Å²) in [4.78, 5) is 57.5. The second-order valence-electron chi connectivity index (χ2n) is 16.1. The molecule has 0 bridgehead atoms. The highest BCUT2D eigenvalue weighted by Gasteiger charge is 2.31. The molecular weight excluding hydrogens is 681 g/mol. The molecule has 0 aliphatic rings. The fraction of sp³-hybridized carbons (Fsp3) is 0.682. The van der Waals surface area contributed by atoms with E-state index < -0.39 is 23.9 Å². The predicted octanol–water partition coefficient (Wildman–Crippen LogP) is 9.89. The van der Waals surface area contributed by atoms with Gasteiger partial charge in [0.2, 0.25) is 0 Å². The number of para-hydroxylation sites is 1. The maximum atomic E-state index is 14.0. The number of hydrogen-bond acceptors (Lipinski definition) is 6. The van der Waals surface area contributed by atoms with Crippen molar-refractivity contribution in [2.24, 2.45) is 0 Å². The quantitative estimate of drug-likeness (QED) is 0.0414. The molecule has 2 N–H and O–H groups in total. The van der Waals surface area contributed by atoms with Gasteiger partial charge in [-0.3, -0.25) is 19.0 Å². The third-order valence-corrected chi connectivity index (χ3v) is 10.0. The largest absolute Gasteiger partial charge is 0.466 e. The predicted molar refractivity (Wildman–Crippen MR) is 219 cm³/mol. The van der Waals surface area contributed by atoms with E-state index in [1.165, 1.54) is 94.5 Å². The molecule has 54 heavy (non-hydrogen) atoms. The number of aromatic amines is 1. The number of fused-ring (bicyclic) bond motifs is 3. The van der Waals surface area contributed by atoms with Crippen molar-refractivity contribution in [2.45, 2.75) is 155 Å². The minimum atomic E-state index is -1.26. The molecule has 3 rings (SSSR count). The molecule has 0 saturated carbocycles. The average Bonchev–Trinajstić information content (AvgIpc) is 3.68. The Bertz CT molecular complexity index is 1570. The number of likely N-dealkylation sites (N-methyl/N-ethyl adjacent to an activating group) is 1. The maximum Gasteiger partial charge on any atom is 0.329 e. The van der Waals surface area contributed by atoms with Crippen LogP contribution in [0.25, 0.3) is 21.9 Å². The van der Waals surface area contributed by atoms with Gasteiger partial charge < -0.3 is 24.3 Å². The van der Waals surface area contributed by atoms with Gasteiger partial charge in [-0.05, 0) is 25.0 Å². The minimum Gasteiger partial charge on any atom is -0.466 e. The highest BCUT2D eigenvalue weighted by Crippen LogP contribution is 2.29. The fourth-order valence-electron chi connectivity index (χ4n) is 6.99. The van der Waals surface area contributed by atoms with Crippen molar-refractivity contribution in [3.05, 3.63) is 36.0 Å². The third-order valence-electron chi connectivity index (χ3n) is 10.0. The van der Waals surface area contributed by atoms with E-state index in [4.69, 9.17) is 9.47 Å². The van der Waals surface area contributed by atoms with Gasteiger partial charge in [-0.25, -0.2) is 4.79 Å². The number of carbonyl (C=O) groups is 4. The molecule has 0 radical (unpaired) electrons. The van der Waals surface area contributed by atoms with E-state index in [0.717, 1.165) is 48.4 Å². The van der Waals surface area contributed by atoms with Crippen LogP contribution in [-0.2, 0) is 19.1 Å². The van der Waals surface area contributed by atoms with Crippen LogP contribution >= 0.6 is 0 Å². The summed E-state index contributed by atoms with van der Waals surface area (Å²) in [7, 11) is 5.72. The van der Waals surface area contributed by atoms with Gasteiger partial charge in [-0.1, -0.05) is 148 Å². The van der Waals surface area contributed by atoms with Gasteiger partial charge in [0.25, 0.3) is 11.8 Å². The molecule has 1 unspecified atom stereocenters. The zero-order valence-electron chi connectivity index (χ0n) is 34.3. The number of nitrogens with zero attached hydrogens (tertiary/aromatic N) is 2. The Morgan fingerprint density at radius 1 is 0.685 bits per heavy atom. The van der Waals surface area contributed by atoms with Gasteiger partial charge in [0.1, 0.15) is 17.4 Å². The van der Waals surface area contributed by atoms with Crippen LogP contribution < -0.4 is 5.32 Å². The monoisotopic (exact) mass is 752 g/mol. The van der Waals surface area contributed by atoms with Gasteiger partial charge in [0, 0.05) is 16.3 Å². The number of carbonyl (C=O) groups excluding carboxylic acids is 4. The van der Waals surface area contributed by atoms with Crippen LogP contribution in [-0.4, -0.2) is 84.7 Å². The highest BCUT2D eigenvalue weighted by molar-refractivity contribution is 6.14. The number of hydrogen-bond donors (Lipinski definition) is 2. The highest BCUT2D eigenvalue weighted by atomic mass is 16.5. The number of rotatable bonds is 29. The summed E-state index contributed by atoms with van der Waals surface area (Å²) in [5.74, 6) is -2.16. The molecule has 10 heteroatoms. The Morgan fingerprint density at radius 2 is 1.19 bits per heavy atom. The van der Waals surface area contributed by atoms with Crippen molar-refractivity contribution in [3.63, 3.8) is 0 Å². The van der Waals surface area contributed by atoms with E-state index in [9.17, 15) is 19.2 Å². The molecule has 1 atom stereocenters. The number of ether oxygens (including phenoxy) is 2. The fourth-order valence-corrected chi connectivity index (χ4v) is 6.99. The first-order chi connectivity index (χ1) is 26.1. The zero-order valence-corrected chi connectivity index (χ0v) is 34.3. The standard InChI is InChI=1S/C44H70N4O6/c1-6-8-10-12-14-16-18-20-22-26-30-53-41(50)33-38(44(52)54-31-27-23-21-19-17-15-13-11-9-7-2)46-43(51)39-32-36-35-28-24-25-29-37(35)45-42(36)47(39)40(49)34-48(3,4)5/h24-25,28-29,32,38H,6-23,26-27,30-31,33-34H2,1-5H3,(H-,45,46,51)/p+1. The topological polar surface area (TPSA) is 119 Å². The third kappa shape index (κ3) is 16.0. The molecule has 302 valence electrons. The Kier molecular flexibility index (Phi) is 20.5. The first kappa shape index (κ1) is 44.7. The van der Waals surface area contributed by atoms with Crippen LogP contribution in [0, 0.1) is 0 Å². The lowest BCUT2D eigenvalue weighted by Crippen LogP contribution is -2.45. The molecule has 0 aliphatic carbocycles. The summed E-state index contributed by atoms with van der Waals surface area (Å²) >= 11 is 0.